The molecule has 33 heavy (non-hydrogen) atoms. The predicted octanol–water partition coefficient (Wildman–Crippen LogP) is 2.89. The zero-order chi connectivity index (χ0) is 24.2. The summed E-state index contributed by atoms with van der Waals surface area (Å²) in [5.41, 5.74) is 3.66. The van der Waals surface area contributed by atoms with Crippen molar-refractivity contribution in [1.82, 2.24) is 10.6 Å². The minimum atomic E-state index is -1.26. The van der Waals surface area contributed by atoms with Crippen molar-refractivity contribution in [3.8, 4) is 11.1 Å². The van der Waals surface area contributed by atoms with E-state index in [1.807, 2.05) is 48.5 Å². The highest BCUT2D eigenvalue weighted by Crippen LogP contribution is 2.44. The topological polar surface area (TPSA) is 125 Å². The highest BCUT2D eigenvalue weighted by Gasteiger charge is 2.36. The summed E-state index contributed by atoms with van der Waals surface area (Å²) in [7, 11) is 0. The van der Waals surface area contributed by atoms with E-state index >= 15 is 0 Å². The van der Waals surface area contributed by atoms with E-state index in [4.69, 9.17) is 9.84 Å². The first-order valence-corrected chi connectivity index (χ1v) is 10.9. The molecule has 8 heteroatoms. The van der Waals surface area contributed by atoms with Crippen LogP contribution in [0.5, 0.6) is 0 Å². The largest absolute Gasteiger partial charge is 0.480 e. The third-order valence-electron chi connectivity index (χ3n) is 5.77. The first-order valence-electron chi connectivity index (χ1n) is 10.9. The van der Waals surface area contributed by atoms with Gasteiger partial charge in [-0.2, -0.15) is 0 Å². The fraction of sp³-hybridized carbons (Fsp3) is 0.400. The molecule has 3 rings (SSSR count). The van der Waals surface area contributed by atoms with Gasteiger partial charge in [0, 0.05) is 18.9 Å². The number of aliphatic carboxylic acids is 1. The van der Waals surface area contributed by atoms with Crippen LogP contribution in [0, 0.1) is 5.41 Å². The second kappa shape index (κ2) is 10.0. The van der Waals surface area contributed by atoms with E-state index in [0.717, 1.165) is 22.3 Å². The number of alkyl carbamates (subject to hydrolysis) is 1. The average molecular weight is 455 g/mol. The van der Waals surface area contributed by atoms with Crippen LogP contribution in [0.1, 0.15) is 44.2 Å². The van der Waals surface area contributed by atoms with Crippen LogP contribution >= 0.6 is 0 Å². The van der Waals surface area contributed by atoms with Crippen LogP contribution in [0.2, 0.25) is 0 Å². The summed E-state index contributed by atoms with van der Waals surface area (Å²) in [6.07, 6.45) is -0.899. The highest BCUT2D eigenvalue weighted by molar-refractivity contribution is 5.90. The molecular formula is C25H30N2O6. The standard InChI is InChI=1S/C25H30N2O6/c1-25(2,3)21(22(29)26-20(12-13-28)23(30)31)27-24(32)33-14-19-17-10-6-4-8-15(17)16-9-5-7-11-18(16)19/h4-11,19-21,28H,12-14H2,1-3H3,(H,26,29)(H,27,32)(H,30,31). The van der Waals surface area contributed by atoms with E-state index < -0.39 is 42.1 Å². The van der Waals surface area contributed by atoms with Crippen LogP contribution in [0.3, 0.4) is 0 Å². The lowest BCUT2D eigenvalue weighted by Crippen LogP contribution is -2.56. The number of nitrogens with one attached hydrogen (secondary N) is 2. The minimum absolute atomic E-state index is 0.0978. The molecule has 0 aliphatic heterocycles. The van der Waals surface area contributed by atoms with Crippen molar-refractivity contribution in [2.24, 2.45) is 5.41 Å². The lowest BCUT2D eigenvalue weighted by molar-refractivity contribution is -0.143. The number of carbonyl (C=O) groups excluding carboxylic acids is 2. The predicted molar refractivity (Wildman–Crippen MR) is 123 cm³/mol. The normalized spacial score (nSPS) is 14.5. The van der Waals surface area contributed by atoms with Crippen LogP contribution in [0.4, 0.5) is 4.79 Å². The van der Waals surface area contributed by atoms with Crippen LogP contribution in [0.25, 0.3) is 11.1 Å². The smallest absolute Gasteiger partial charge is 0.407 e. The Labute approximate surface area is 193 Å². The SMILES string of the molecule is CC(C)(C)C(NC(=O)OCC1c2ccccc2-c2ccccc21)C(=O)NC(CCO)C(=O)O. The first kappa shape index (κ1) is 24.3. The number of carbonyl (C=O) groups is 3. The van der Waals surface area contributed by atoms with Gasteiger partial charge in [0.1, 0.15) is 18.7 Å². The van der Waals surface area contributed by atoms with Gasteiger partial charge < -0.3 is 25.6 Å². The number of fused-ring (bicyclic) bond motifs is 3. The molecule has 1 aliphatic rings. The van der Waals surface area contributed by atoms with Crippen molar-refractivity contribution >= 4 is 18.0 Å². The van der Waals surface area contributed by atoms with Gasteiger partial charge in [-0.1, -0.05) is 69.3 Å². The third kappa shape index (κ3) is 5.51. The number of carboxylic acid groups (broad SMARTS) is 1. The minimum Gasteiger partial charge on any atom is -0.480 e. The molecule has 0 spiro atoms. The Kier molecular flexibility index (Phi) is 7.38. The first-order chi connectivity index (χ1) is 15.6. The van der Waals surface area contributed by atoms with Crippen molar-refractivity contribution in [2.45, 2.75) is 45.2 Å². The maximum atomic E-state index is 12.8. The zero-order valence-corrected chi connectivity index (χ0v) is 19.0. The van der Waals surface area contributed by atoms with Crippen molar-refractivity contribution in [3.63, 3.8) is 0 Å². The van der Waals surface area contributed by atoms with E-state index in [1.165, 1.54) is 0 Å². The van der Waals surface area contributed by atoms with Crippen LogP contribution in [0.15, 0.2) is 48.5 Å². The number of ether oxygens (including phenoxy) is 1. The average Bonchev–Trinajstić information content (AvgIpc) is 3.08. The number of rotatable bonds is 8. The molecule has 2 aromatic carbocycles. The summed E-state index contributed by atoms with van der Waals surface area (Å²) in [6.45, 7) is 4.96. The second-order valence-electron chi connectivity index (χ2n) is 9.18. The van der Waals surface area contributed by atoms with Gasteiger partial charge in [-0.25, -0.2) is 9.59 Å². The molecule has 2 aromatic rings. The number of carboxylic acids is 1. The molecule has 0 radical (unpaired) electrons. The monoisotopic (exact) mass is 454 g/mol. The fourth-order valence-electron chi connectivity index (χ4n) is 4.07. The van der Waals surface area contributed by atoms with Gasteiger partial charge in [0.15, 0.2) is 0 Å². The molecule has 2 amide bonds. The van der Waals surface area contributed by atoms with E-state index in [2.05, 4.69) is 10.6 Å². The summed E-state index contributed by atoms with van der Waals surface area (Å²) in [6, 6.07) is 13.7. The van der Waals surface area contributed by atoms with Crippen molar-refractivity contribution in [1.29, 1.82) is 0 Å². The molecular weight excluding hydrogens is 424 g/mol. The molecule has 0 saturated heterocycles. The van der Waals surface area contributed by atoms with Gasteiger partial charge in [-0.05, 0) is 27.7 Å². The molecule has 0 heterocycles. The molecule has 2 unspecified atom stereocenters. The zero-order valence-electron chi connectivity index (χ0n) is 19.0. The van der Waals surface area contributed by atoms with E-state index in [0.29, 0.717) is 0 Å². The van der Waals surface area contributed by atoms with E-state index in [-0.39, 0.29) is 18.9 Å². The lowest BCUT2D eigenvalue weighted by Gasteiger charge is -2.31. The molecule has 2 atom stereocenters. The van der Waals surface area contributed by atoms with Gasteiger partial charge in [0.05, 0.1) is 0 Å². The molecule has 0 saturated carbocycles. The molecule has 0 bridgehead atoms. The van der Waals surface area contributed by atoms with Gasteiger partial charge in [-0.3, -0.25) is 4.79 Å². The Morgan fingerprint density at radius 1 is 0.970 bits per heavy atom. The molecule has 176 valence electrons. The number of amides is 2. The molecule has 4 N–H and O–H groups in total. The third-order valence-corrected chi connectivity index (χ3v) is 5.77. The second-order valence-corrected chi connectivity index (χ2v) is 9.18. The number of benzene rings is 2. The summed E-state index contributed by atoms with van der Waals surface area (Å²) in [5.74, 6) is -2.03. The van der Waals surface area contributed by atoms with Gasteiger partial charge in [0.25, 0.3) is 0 Å². The molecule has 8 nitrogen and oxygen atoms in total. The Morgan fingerprint density at radius 3 is 2.00 bits per heavy atom. The van der Waals surface area contributed by atoms with Crippen molar-refractivity contribution in [2.75, 3.05) is 13.2 Å². The number of aliphatic hydroxyl groups excluding tert-OH is 1. The van der Waals surface area contributed by atoms with E-state index in [9.17, 15) is 19.5 Å². The number of hydrogen-bond donors (Lipinski definition) is 4. The lowest BCUT2D eigenvalue weighted by atomic mass is 9.86. The van der Waals surface area contributed by atoms with E-state index in [1.54, 1.807) is 20.8 Å². The maximum absolute atomic E-state index is 12.8. The number of aliphatic hydroxyl groups is 1. The Bertz CT molecular complexity index is 984. The van der Waals surface area contributed by atoms with Crippen molar-refractivity contribution in [3.05, 3.63) is 59.7 Å². The van der Waals surface area contributed by atoms with Crippen LogP contribution in [-0.2, 0) is 14.3 Å². The van der Waals surface area contributed by atoms with Crippen molar-refractivity contribution < 1.29 is 29.3 Å². The Morgan fingerprint density at radius 2 is 1.52 bits per heavy atom. The van der Waals surface area contributed by atoms with Crippen LogP contribution in [-0.4, -0.2) is 53.5 Å². The highest BCUT2D eigenvalue weighted by atomic mass is 16.5. The summed E-state index contributed by atoms with van der Waals surface area (Å²) in [5, 5.41) is 23.3. The Hall–Kier alpha value is -3.39. The molecule has 1 aliphatic carbocycles. The van der Waals surface area contributed by atoms with Gasteiger partial charge in [0.2, 0.25) is 5.91 Å². The summed E-state index contributed by atoms with van der Waals surface area (Å²) >= 11 is 0. The summed E-state index contributed by atoms with van der Waals surface area (Å²) < 4.78 is 5.53. The van der Waals surface area contributed by atoms with Crippen LogP contribution < -0.4 is 10.6 Å². The Balaban J connectivity index is 1.69. The maximum Gasteiger partial charge on any atom is 0.407 e. The van der Waals surface area contributed by atoms with Gasteiger partial charge in [-0.15, -0.1) is 0 Å². The number of hydrogen-bond acceptors (Lipinski definition) is 5. The van der Waals surface area contributed by atoms with Gasteiger partial charge >= 0.3 is 12.1 Å². The molecule has 0 fully saturated rings. The fourth-order valence-corrected chi connectivity index (χ4v) is 4.07. The quantitative estimate of drug-likeness (QED) is 0.486. The molecule has 0 aromatic heterocycles. The summed E-state index contributed by atoms with van der Waals surface area (Å²) in [4.78, 5) is 36.8.